The molecule has 0 N–H and O–H groups in total. The maximum atomic E-state index is 11.8. The van der Waals surface area contributed by atoms with Gasteiger partial charge in [-0.15, -0.1) is 0 Å². The Hall–Kier alpha value is -1.92. The summed E-state index contributed by atoms with van der Waals surface area (Å²) in [5, 5.41) is 10.6. The van der Waals surface area contributed by atoms with Crippen molar-refractivity contribution in [1.29, 1.82) is 0 Å². The monoisotopic (exact) mass is 283 g/mol. The summed E-state index contributed by atoms with van der Waals surface area (Å²) in [5.74, 6) is -0.655. The Bertz CT molecular complexity index is 445. The molecule has 0 fully saturated rings. The summed E-state index contributed by atoms with van der Waals surface area (Å²) in [6.45, 7) is 2.14. The van der Waals surface area contributed by atoms with Crippen molar-refractivity contribution in [2.45, 2.75) is 51.5 Å². The Kier molecular flexibility index (Phi) is 6.69. The summed E-state index contributed by atoms with van der Waals surface area (Å²) < 4.78 is 6.22. The molecule has 0 radical (unpaired) electrons. The van der Waals surface area contributed by atoms with Crippen LogP contribution in [0.1, 0.15) is 51.5 Å². The van der Waals surface area contributed by atoms with Gasteiger partial charge < -0.3 is 14.9 Å². The highest BCUT2D eigenvalue weighted by Gasteiger charge is 2.23. The van der Waals surface area contributed by atoms with Crippen LogP contribution in [-0.2, 0) is 9.53 Å². The molecule has 1 rings (SSSR count). The topological polar surface area (TPSA) is 87.3 Å². The van der Waals surface area contributed by atoms with E-state index in [1.54, 1.807) is 0 Å². The third-order valence-electron chi connectivity index (χ3n) is 3.19. The van der Waals surface area contributed by atoms with Crippen molar-refractivity contribution in [2.24, 2.45) is 0 Å². The van der Waals surface area contributed by atoms with E-state index in [9.17, 15) is 14.9 Å². The van der Waals surface area contributed by atoms with Gasteiger partial charge in [-0.1, -0.05) is 39.0 Å². The third-order valence-corrected chi connectivity index (χ3v) is 3.19. The van der Waals surface area contributed by atoms with Gasteiger partial charge in [-0.2, -0.15) is 0 Å². The molecule has 0 aromatic carbocycles. The van der Waals surface area contributed by atoms with E-state index in [1.807, 2.05) is 0 Å². The number of hydrogen-bond donors (Lipinski definition) is 0. The maximum absolute atomic E-state index is 11.8. The lowest BCUT2D eigenvalue weighted by Gasteiger charge is -2.14. The van der Waals surface area contributed by atoms with Crippen LogP contribution in [-0.4, -0.2) is 27.6 Å². The van der Waals surface area contributed by atoms with E-state index in [0.717, 1.165) is 25.7 Å². The summed E-state index contributed by atoms with van der Waals surface area (Å²) >= 11 is 0. The number of unbranched alkanes of at least 4 members (excludes halogenated alkanes) is 4. The van der Waals surface area contributed by atoms with Crippen LogP contribution in [0, 0.1) is 10.1 Å². The molecule has 1 atom stereocenters. The van der Waals surface area contributed by atoms with Crippen molar-refractivity contribution in [3.05, 3.63) is 22.6 Å². The number of aromatic nitrogens is 2. The minimum Gasteiger partial charge on any atom is -0.467 e. The summed E-state index contributed by atoms with van der Waals surface area (Å²) in [4.78, 5) is 25.5. The predicted octanol–water partition coefficient (Wildman–Crippen LogP) is 2.87. The Balaban J connectivity index is 2.63. The normalized spacial score (nSPS) is 12.1. The number of carbonyl (C=O) groups excluding carboxylic acids is 1. The number of methoxy groups -OCH3 is 1. The summed E-state index contributed by atoms with van der Waals surface area (Å²) in [6, 6.07) is -0.539. The standard InChI is InChI=1S/C13H21N3O4/c1-3-4-5-6-7-8-11(13(17)20-2)15-9-12(14-10-15)16(18)19/h9-11H,3-8H2,1-2H3/t11-/m1/s1. The molecule has 0 unspecified atom stereocenters. The summed E-state index contributed by atoms with van der Waals surface area (Å²) in [5.41, 5.74) is 0. The van der Waals surface area contributed by atoms with Crippen LogP contribution in [0.3, 0.4) is 0 Å². The number of esters is 1. The van der Waals surface area contributed by atoms with Crippen LogP contribution >= 0.6 is 0 Å². The zero-order valence-corrected chi connectivity index (χ0v) is 11.9. The minimum atomic E-state index is -0.577. The number of ether oxygens (including phenoxy) is 1. The Morgan fingerprint density at radius 2 is 2.15 bits per heavy atom. The van der Waals surface area contributed by atoms with Crippen molar-refractivity contribution < 1.29 is 14.5 Å². The molecular weight excluding hydrogens is 262 g/mol. The van der Waals surface area contributed by atoms with Crippen LogP contribution in [0.4, 0.5) is 5.82 Å². The highest BCUT2D eigenvalue weighted by molar-refractivity contribution is 5.74. The number of nitrogens with zero attached hydrogens (tertiary/aromatic N) is 3. The van der Waals surface area contributed by atoms with Gasteiger partial charge in [-0.3, -0.25) is 4.57 Å². The first kappa shape index (κ1) is 16.1. The number of carbonyl (C=O) groups is 1. The molecule has 1 heterocycles. The minimum absolute atomic E-state index is 0.259. The number of imidazole rings is 1. The second-order valence-electron chi connectivity index (χ2n) is 4.68. The molecule has 7 nitrogen and oxygen atoms in total. The number of nitro groups is 1. The van der Waals surface area contributed by atoms with Crippen molar-refractivity contribution in [1.82, 2.24) is 9.55 Å². The quantitative estimate of drug-likeness (QED) is 0.301. The predicted molar refractivity (Wildman–Crippen MR) is 73.3 cm³/mol. The highest BCUT2D eigenvalue weighted by Crippen LogP contribution is 2.20. The largest absolute Gasteiger partial charge is 0.467 e. The van der Waals surface area contributed by atoms with Crippen LogP contribution in [0.5, 0.6) is 0 Å². The molecule has 0 saturated carbocycles. The van der Waals surface area contributed by atoms with Crippen molar-refractivity contribution >= 4 is 11.8 Å². The lowest BCUT2D eigenvalue weighted by atomic mass is 10.1. The Labute approximate surface area is 118 Å². The fraction of sp³-hybridized carbons (Fsp3) is 0.692. The molecule has 0 aliphatic carbocycles. The SMILES string of the molecule is CCCCCCC[C@H](C(=O)OC)n1cnc([N+](=O)[O-])c1. The Morgan fingerprint density at radius 1 is 1.45 bits per heavy atom. The number of hydrogen-bond acceptors (Lipinski definition) is 5. The fourth-order valence-electron chi connectivity index (χ4n) is 2.06. The van der Waals surface area contributed by atoms with E-state index in [0.29, 0.717) is 6.42 Å². The van der Waals surface area contributed by atoms with Crippen molar-refractivity contribution in [3.8, 4) is 0 Å². The van der Waals surface area contributed by atoms with Crippen molar-refractivity contribution in [2.75, 3.05) is 7.11 Å². The van der Waals surface area contributed by atoms with Gasteiger partial charge in [-0.05, 0) is 16.3 Å². The molecule has 0 spiro atoms. The van der Waals surface area contributed by atoms with E-state index in [1.165, 1.54) is 30.6 Å². The van der Waals surface area contributed by atoms with E-state index < -0.39 is 16.9 Å². The van der Waals surface area contributed by atoms with Gasteiger partial charge in [0.1, 0.15) is 12.2 Å². The van der Waals surface area contributed by atoms with Crippen LogP contribution < -0.4 is 0 Å². The van der Waals surface area contributed by atoms with Crippen LogP contribution in [0.15, 0.2) is 12.5 Å². The Morgan fingerprint density at radius 3 is 2.70 bits per heavy atom. The number of rotatable bonds is 9. The molecular formula is C13H21N3O4. The molecule has 0 aliphatic heterocycles. The van der Waals surface area contributed by atoms with Gasteiger partial charge in [0.15, 0.2) is 0 Å². The first-order chi connectivity index (χ1) is 9.60. The second-order valence-corrected chi connectivity index (χ2v) is 4.68. The van der Waals surface area contributed by atoms with Gasteiger partial charge in [0, 0.05) is 0 Å². The molecule has 1 aromatic heterocycles. The molecule has 0 aliphatic rings. The molecule has 0 bridgehead atoms. The zero-order chi connectivity index (χ0) is 15.0. The van der Waals surface area contributed by atoms with Gasteiger partial charge in [0.2, 0.25) is 6.33 Å². The lowest BCUT2D eigenvalue weighted by molar-refractivity contribution is -0.389. The average molecular weight is 283 g/mol. The molecule has 1 aromatic rings. The summed E-state index contributed by atoms with van der Waals surface area (Å²) in [6.07, 6.45) is 8.58. The highest BCUT2D eigenvalue weighted by atomic mass is 16.6. The second kappa shape index (κ2) is 8.29. The van der Waals surface area contributed by atoms with E-state index in [4.69, 9.17) is 4.74 Å². The van der Waals surface area contributed by atoms with E-state index in [-0.39, 0.29) is 5.82 Å². The van der Waals surface area contributed by atoms with Gasteiger partial charge in [0.25, 0.3) is 0 Å². The molecule has 112 valence electrons. The molecule has 7 heteroatoms. The smallest absolute Gasteiger partial charge is 0.381 e. The average Bonchev–Trinajstić information content (AvgIpc) is 2.91. The third kappa shape index (κ3) is 4.64. The van der Waals surface area contributed by atoms with E-state index in [2.05, 4.69) is 11.9 Å². The molecule has 0 saturated heterocycles. The van der Waals surface area contributed by atoms with Crippen LogP contribution in [0.25, 0.3) is 0 Å². The molecule has 20 heavy (non-hydrogen) atoms. The van der Waals surface area contributed by atoms with Crippen molar-refractivity contribution in [3.63, 3.8) is 0 Å². The summed E-state index contributed by atoms with van der Waals surface area (Å²) in [7, 11) is 1.32. The molecule has 0 amide bonds. The first-order valence-corrected chi connectivity index (χ1v) is 6.85. The maximum Gasteiger partial charge on any atom is 0.381 e. The lowest BCUT2D eigenvalue weighted by Crippen LogP contribution is -2.19. The fourth-order valence-corrected chi connectivity index (χ4v) is 2.06. The van der Waals surface area contributed by atoms with Gasteiger partial charge >= 0.3 is 11.8 Å². The van der Waals surface area contributed by atoms with Gasteiger partial charge in [-0.25, -0.2) is 4.79 Å². The zero-order valence-electron chi connectivity index (χ0n) is 11.9. The van der Waals surface area contributed by atoms with Gasteiger partial charge in [0.05, 0.1) is 7.11 Å². The van der Waals surface area contributed by atoms with E-state index >= 15 is 0 Å². The first-order valence-electron chi connectivity index (χ1n) is 6.85. The van der Waals surface area contributed by atoms with Crippen LogP contribution in [0.2, 0.25) is 0 Å².